The van der Waals surface area contributed by atoms with Crippen molar-refractivity contribution in [2.75, 3.05) is 33.9 Å². The van der Waals surface area contributed by atoms with E-state index in [1.54, 1.807) is 14.2 Å². The largest absolute Gasteiger partial charge is 0.496 e. The number of fused-ring (bicyclic) bond motifs is 1. The maximum Gasteiger partial charge on any atom is 0.313 e. The zero-order valence-corrected chi connectivity index (χ0v) is 14.1. The fourth-order valence-electron chi connectivity index (χ4n) is 3.58. The van der Waals surface area contributed by atoms with Crippen LogP contribution in [0.1, 0.15) is 12.0 Å². The number of rotatable bonds is 6. The van der Waals surface area contributed by atoms with Crippen molar-refractivity contribution in [3.8, 4) is 5.75 Å². The van der Waals surface area contributed by atoms with Crippen LogP contribution in [0.4, 0.5) is 0 Å². The Balaban J connectivity index is 1.82. The molecule has 24 heavy (non-hydrogen) atoms. The molecule has 0 radical (unpaired) electrons. The van der Waals surface area contributed by atoms with Gasteiger partial charge >= 0.3 is 5.97 Å². The number of hydrogen-bond donors (Lipinski definition) is 1. The van der Waals surface area contributed by atoms with Gasteiger partial charge < -0.3 is 14.6 Å². The molecule has 0 bridgehead atoms. The van der Waals surface area contributed by atoms with E-state index in [0.717, 1.165) is 28.6 Å². The standard InChI is InChI=1S/C19H23NO4/c1-23-13-19(18(21)22)7-8-20(12-19)11-14-9-15-5-3-4-6-16(15)17(10-14)24-2/h3-6,9-10H,7-8,11-13H2,1-2H3,(H,21,22). The molecule has 128 valence electrons. The number of methoxy groups -OCH3 is 2. The van der Waals surface area contributed by atoms with Gasteiger partial charge in [-0.05, 0) is 36.0 Å². The van der Waals surface area contributed by atoms with Gasteiger partial charge in [0.25, 0.3) is 0 Å². The molecule has 0 spiro atoms. The highest BCUT2D eigenvalue weighted by atomic mass is 16.5. The highest BCUT2D eigenvalue weighted by Crippen LogP contribution is 2.33. The van der Waals surface area contributed by atoms with E-state index in [-0.39, 0.29) is 6.61 Å². The van der Waals surface area contributed by atoms with Crippen LogP contribution in [-0.4, -0.2) is 49.9 Å². The molecule has 1 unspecified atom stereocenters. The molecule has 2 aromatic carbocycles. The first kappa shape index (κ1) is 16.7. The third-order valence-electron chi connectivity index (χ3n) is 4.82. The van der Waals surface area contributed by atoms with Crippen molar-refractivity contribution in [1.29, 1.82) is 0 Å². The number of likely N-dealkylation sites (tertiary alicyclic amines) is 1. The van der Waals surface area contributed by atoms with E-state index in [2.05, 4.69) is 17.0 Å². The number of carboxylic acid groups (broad SMARTS) is 1. The van der Waals surface area contributed by atoms with Crippen molar-refractivity contribution in [2.45, 2.75) is 13.0 Å². The molecule has 5 nitrogen and oxygen atoms in total. The Hall–Kier alpha value is -2.11. The summed E-state index contributed by atoms with van der Waals surface area (Å²) in [6, 6.07) is 12.3. The third-order valence-corrected chi connectivity index (χ3v) is 4.82. The predicted molar refractivity (Wildman–Crippen MR) is 92.3 cm³/mol. The Morgan fingerprint density at radius 3 is 2.79 bits per heavy atom. The Labute approximate surface area is 141 Å². The van der Waals surface area contributed by atoms with Crippen LogP contribution in [0.2, 0.25) is 0 Å². The molecule has 5 heteroatoms. The number of nitrogens with zero attached hydrogens (tertiary/aromatic N) is 1. The van der Waals surface area contributed by atoms with E-state index in [1.807, 2.05) is 24.3 Å². The average Bonchev–Trinajstić information content (AvgIpc) is 2.98. The molecule has 1 fully saturated rings. The van der Waals surface area contributed by atoms with E-state index < -0.39 is 11.4 Å². The lowest BCUT2D eigenvalue weighted by molar-refractivity contribution is -0.151. The van der Waals surface area contributed by atoms with Gasteiger partial charge in [0.1, 0.15) is 11.2 Å². The number of carbonyl (C=O) groups is 1. The molecule has 1 aliphatic rings. The van der Waals surface area contributed by atoms with Gasteiger partial charge in [-0.25, -0.2) is 0 Å². The van der Waals surface area contributed by atoms with Crippen LogP contribution in [-0.2, 0) is 16.1 Å². The van der Waals surface area contributed by atoms with Crippen LogP contribution in [0.25, 0.3) is 10.8 Å². The molecule has 1 atom stereocenters. The summed E-state index contributed by atoms with van der Waals surface area (Å²) in [5.41, 5.74) is 0.333. The molecule has 1 N–H and O–H groups in total. The SMILES string of the molecule is COCC1(C(=O)O)CCN(Cc2cc(OC)c3ccccc3c2)C1. The Morgan fingerprint density at radius 1 is 1.29 bits per heavy atom. The molecular weight excluding hydrogens is 306 g/mol. The van der Waals surface area contributed by atoms with Gasteiger partial charge in [-0.2, -0.15) is 0 Å². The lowest BCUT2D eigenvalue weighted by Gasteiger charge is -2.24. The quantitative estimate of drug-likeness (QED) is 0.883. The molecular formula is C19H23NO4. The summed E-state index contributed by atoms with van der Waals surface area (Å²) in [5, 5.41) is 11.8. The summed E-state index contributed by atoms with van der Waals surface area (Å²) in [6.07, 6.45) is 0.612. The van der Waals surface area contributed by atoms with Gasteiger partial charge in [0, 0.05) is 25.6 Å². The monoisotopic (exact) mass is 329 g/mol. The summed E-state index contributed by atoms with van der Waals surface area (Å²) in [6.45, 7) is 2.22. The van der Waals surface area contributed by atoms with E-state index in [0.29, 0.717) is 19.5 Å². The molecule has 1 heterocycles. The van der Waals surface area contributed by atoms with Crippen molar-refractivity contribution >= 4 is 16.7 Å². The molecule has 0 aliphatic carbocycles. The zero-order valence-electron chi connectivity index (χ0n) is 14.1. The minimum Gasteiger partial charge on any atom is -0.496 e. The topological polar surface area (TPSA) is 59.0 Å². The maximum atomic E-state index is 11.7. The van der Waals surface area contributed by atoms with Crippen LogP contribution >= 0.6 is 0 Å². The molecule has 3 rings (SSSR count). The van der Waals surface area contributed by atoms with Gasteiger partial charge in [-0.3, -0.25) is 9.69 Å². The first-order valence-corrected chi connectivity index (χ1v) is 8.08. The minimum absolute atomic E-state index is 0.250. The van der Waals surface area contributed by atoms with Crippen LogP contribution < -0.4 is 4.74 Å². The van der Waals surface area contributed by atoms with Crippen LogP contribution in [0.15, 0.2) is 36.4 Å². The summed E-state index contributed by atoms with van der Waals surface area (Å²) in [4.78, 5) is 13.8. The lowest BCUT2D eigenvalue weighted by Crippen LogP contribution is -2.38. The number of ether oxygens (including phenoxy) is 2. The van der Waals surface area contributed by atoms with Gasteiger partial charge in [0.15, 0.2) is 0 Å². The van der Waals surface area contributed by atoms with Crippen molar-refractivity contribution in [1.82, 2.24) is 4.90 Å². The van der Waals surface area contributed by atoms with Crippen molar-refractivity contribution < 1.29 is 19.4 Å². The normalized spacial score (nSPS) is 21.2. The van der Waals surface area contributed by atoms with Crippen LogP contribution in [0.3, 0.4) is 0 Å². The van der Waals surface area contributed by atoms with Gasteiger partial charge in [0.2, 0.25) is 0 Å². The molecule has 0 saturated carbocycles. The van der Waals surface area contributed by atoms with Gasteiger partial charge in [-0.1, -0.05) is 24.3 Å². The highest BCUT2D eigenvalue weighted by molar-refractivity contribution is 5.89. The minimum atomic E-state index is -0.796. The smallest absolute Gasteiger partial charge is 0.313 e. The highest BCUT2D eigenvalue weighted by Gasteiger charge is 2.44. The lowest BCUT2D eigenvalue weighted by atomic mass is 9.88. The van der Waals surface area contributed by atoms with E-state index in [4.69, 9.17) is 9.47 Å². The average molecular weight is 329 g/mol. The van der Waals surface area contributed by atoms with Crippen molar-refractivity contribution in [3.05, 3.63) is 42.0 Å². The van der Waals surface area contributed by atoms with E-state index in [9.17, 15) is 9.90 Å². The first-order valence-electron chi connectivity index (χ1n) is 8.08. The molecule has 0 amide bonds. The van der Waals surface area contributed by atoms with Crippen molar-refractivity contribution in [3.63, 3.8) is 0 Å². The summed E-state index contributed by atoms with van der Waals surface area (Å²) in [7, 11) is 3.23. The molecule has 2 aromatic rings. The number of carboxylic acids is 1. The molecule has 0 aromatic heterocycles. The maximum absolute atomic E-state index is 11.7. The number of aliphatic carboxylic acids is 1. The molecule has 1 aliphatic heterocycles. The second kappa shape index (κ2) is 6.79. The fraction of sp³-hybridized carbons (Fsp3) is 0.421. The van der Waals surface area contributed by atoms with Gasteiger partial charge in [-0.15, -0.1) is 0 Å². The van der Waals surface area contributed by atoms with E-state index in [1.165, 1.54) is 0 Å². The molecule has 1 saturated heterocycles. The third kappa shape index (κ3) is 3.09. The van der Waals surface area contributed by atoms with E-state index >= 15 is 0 Å². The van der Waals surface area contributed by atoms with Crippen LogP contribution in [0, 0.1) is 5.41 Å². The Kier molecular flexibility index (Phi) is 4.73. The summed E-state index contributed by atoms with van der Waals surface area (Å²) >= 11 is 0. The number of hydrogen-bond acceptors (Lipinski definition) is 4. The number of benzene rings is 2. The fourth-order valence-corrected chi connectivity index (χ4v) is 3.58. The van der Waals surface area contributed by atoms with Gasteiger partial charge in [0.05, 0.1) is 13.7 Å². The Bertz CT molecular complexity index is 745. The van der Waals surface area contributed by atoms with Crippen molar-refractivity contribution in [2.24, 2.45) is 5.41 Å². The summed E-state index contributed by atoms with van der Waals surface area (Å²) < 4.78 is 10.7. The summed E-state index contributed by atoms with van der Waals surface area (Å²) in [5.74, 6) is 0.0756. The predicted octanol–water partition coefficient (Wildman–Crippen LogP) is 2.77. The van der Waals surface area contributed by atoms with Crippen LogP contribution in [0.5, 0.6) is 5.75 Å². The second-order valence-electron chi connectivity index (χ2n) is 6.50. The first-order chi connectivity index (χ1) is 11.6. The second-order valence-corrected chi connectivity index (χ2v) is 6.50. The zero-order chi connectivity index (χ0) is 17.2. The Morgan fingerprint density at radius 2 is 2.08 bits per heavy atom.